The third-order valence-electron chi connectivity index (χ3n) is 2.56. The molecule has 106 valence electrons. The van der Waals surface area contributed by atoms with Crippen molar-refractivity contribution in [3.05, 3.63) is 49.3 Å². The van der Waals surface area contributed by atoms with Crippen molar-refractivity contribution >= 4 is 44.8 Å². The zero-order chi connectivity index (χ0) is 14.5. The number of carbonyl (C=O) groups excluding carboxylic acids is 1. The van der Waals surface area contributed by atoms with Crippen LogP contribution >= 0.6 is 38.9 Å². The molecule has 0 atom stereocenters. The van der Waals surface area contributed by atoms with E-state index < -0.39 is 5.97 Å². The van der Waals surface area contributed by atoms with Crippen molar-refractivity contribution in [2.24, 2.45) is 0 Å². The number of hydrogen-bond donors (Lipinski definition) is 0. The molecule has 2 rings (SSSR count). The van der Waals surface area contributed by atoms with E-state index in [9.17, 15) is 4.79 Å². The van der Waals surface area contributed by atoms with E-state index in [-0.39, 0.29) is 6.61 Å². The number of hydrogen-bond acceptors (Lipinski definition) is 4. The van der Waals surface area contributed by atoms with E-state index in [2.05, 4.69) is 27.8 Å². The molecule has 0 N–H and O–H groups in total. The maximum Gasteiger partial charge on any atom is 0.340 e. The number of esters is 1. The Balaban J connectivity index is 1.99. The van der Waals surface area contributed by atoms with E-state index in [0.717, 1.165) is 28.0 Å². The Morgan fingerprint density at radius 1 is 1.50 bits per heavy atom. The molecular formula is C14H13BrClNO2S. The second-order valence-corrected chi connectivity index (χ2v) is 6.45. The van der Waals surface area contributed by atoms with Gasteiger partial charge in [-0.2, -0.15) is 0 Å². The van der Waals surface area contributed by atoms with E-state index in [4.69, 9.17) is 16.3 Å². The van der Waals surface area contributed by atoms with Crippen LogP contribution in [0.15, 0.2) is 28.1 Å². The van der Waals surface area contributed by atoms with Crippen molar-refractivity contribution in [3.63, 3.8) is 0 Å². The van der Waals surface area contributed by atoms with Gasteiger partial charge in [0.15, 0.2) is 0 Å². The first kappa shape index (κ1) is 15.5. The Morgan fingerprint density at radius 3 is 3.05 bits per heavy atom. The van der Waals surface area contributed by atoms with Crippen LogP contribution in [-0.2, 0) is 17.8 Å². The van der Waals surface area contributed by atoms with Crippen molar-refractivity contribution < 1.29 is 9.53 Å². The lowest BCUT2D eigenvalue weighted by Gasteiger charge is -2.05. The minimum atomic E-state index is -0.443. The number of benzene rings is 1. The highest BCUT2D eigenvalue weighted by Crippen LogP contribution is 2.22. The summed E-state index contributed by atoms with van der Waals surface area (Å²) >= 11 is 10.9. The summed E-state index contributed by atoms with van der Waals surface area (Å²) < 4.78 is 6.03. The van der Waals surface area contributed by atoms with Crippen LogP contribution in [0.4, 0.5) is 0 Å². The van der Waals surface area contributed by atoms with Crippen LogP contribution in [0.25, 0.3) is 0 Å². The predicted molar refractivity (Wildman–Crippen MR) is 84.4 cm³/mol. The molecule has 0 aliphatic carbocycles. The lowest BCUT2D eigenvalue weighted by Crippen LogP contribution is -2.06. The van der Waals surface area contributed by atoms with Crippen molar-refractivity contribution in [1.29, 1.82) is 0 Å². The minimum Gasteiger partial charge on any atom is -0.456 e. The highest BCUT2D eigenvalue weighted by molar-refractivity contribution is 9.10. The molecule has 0 aliphatic heterocycles. The summed E-state index contributed by atoms with van der Waals surface area (Å²) in [7, 11) is 0. The Bertz CT molecular complexity index is 615. The average molecular weight is 375 g/mol. The number of nitrogens with zero attached hydrogens (tertiary/aromatic N) is 1. The summed E-state index contributed by atoms with van der Waals surface area (Å²) in [5, 5.41) is 3.36. The molecule has 0 fully saturated rings. The molecule has 1 aromatic heterocycles. The zero-order valence-electron chi connectivity index (χ0n) is 10.9. The van der Waals surface area contributed by atoms with Crippen LogP contribution < -0.4 is 0 Å². The molecule has 0 bridgehead atoms. The van der Waals surface area contributed by atoms with Gasteiger partial charge in [0.05, 0.1) is 21.3 Å². The Morgan fingerprint density at radius 2 is 2.30 bits per heavy atom. The molecule has 0 saturated heterocycles. The maximum absolute atomic E-state index is 12.0. The van der Waals surface area contributed by atoms with Crippen LogP contribution in [0.2, 0.25) is 5.02 Å². The number of ether oxygens (including phenoxy) is 1. The van der Waals surface area contributed by atoms with Crippen LogP contribution in [0, 0.1) is 0 Å². The minimum absolute atomic E-state index is 0.169. The second-order valence-electron chi connectivity index (χ2n) is 4.18. The van der Waals surface area contributed by atoms with Crippen molar-refractivity contribution in [2.75, 3.05) is 0 Å². The molecule has 0 radical (unpaired) electrons. The number of aromatic nitrogens is 1. The van der Waals surface area contributed by atoms with Gasteiger partial charge in [-0.05, 0) is 31.0 Å². The monoisotopic (exact) mass is 373 g/mol. The zero-order valence-corrected chi connectivity index (χ0v) is 14.0. The number of halogens is 2. The van der Waals surface area contributed by atoms with Gasteiger partial charge < -0.3 is 4.74 Å². The summed E-state index contributed by atoms with van der Waals surface area (Å²) in [5.41, 5.74) is 1.13. The van der Waals surface area contributed by atoms with Crippen molar-refractivity contribution in [1.82, 2.24) is 4.98 Å². The fourth-order valence-corrected chi connectivity index (χ4v) is 3.06. The molecule has 20 heavy (non-hydrogen) atoms. The van der Waals surface area contributed by atoms with Crippen LogP contribution in [0.5, 0.6) is 0 Å². The van der Waals surface area contributed by atoms with Crippen LogP contribution in [0.1, 0.15) is 34.4 Å². The summed E-state index contributed by atoms with van der Waals surface area (Å²) in [6.07, 6.45) is 2.01. The van der Waals surface area contributed by atoms with Gasteiger partial charge in [-0.25, -0.2) is 9.78 Å². The van der Waals surface area contributed by atoms with Gasteiger partial charge in [-0.3, -0.25) is 0 Å². The van der Waals surface area contributed by atoms with E-state index in [1.54, 1.807) is 29.5 Å². The molecule has 2 aromatic rings. The number of aryl methyl sites for hydroxylation is 1. The number of rotatable bonds is 5. The van der Waals surface area contributed by atoms with Gasteiger partial charge in [0.25, 0.3) is 0 Å². The standard InChI is InChI=1S/C14H13BrClNO2S/c1-2-3-13-17-10(8-20-13)7-19-14(18)11-6-9(15)4-5-12(11)16/h4-6,8H,2-3,7H2,1H3. The van der Waals surface area contributed by atoms with Gasteiger partial charge in [-0.1, -0.05) is 34.5 Å². The quantitative estimate of drug-likeness (QED) is 0.701. The Labute approximate surface area is 135 Å². The molecule has 3 nitrogen and oxygen atoms in total. The first-order chi connectivity index (χ1) is 9.60. The molecule has 0 spiro atoms. The SMILES string of the molecule is CCCc1nc(COC(=O)c2cc(Br)ccc2Cl)cs1. The lowest BCUT2D eigenvalue weighted by atomic mass is 10.2. The van der Waals surface area contributed by atoms with Crippen molar-refractivity contribution in [2.45, 2.75) is 26.4 Å². The topological polar surface area (TPSA) is 39.2 Å². The maximum atomic E-state index is 12.0. The normalized spacial score (nSPS) is 10.6. The van der Waals surface area contributed by atoms with Crippen LogP contribution in [-0.4, -0.2) is 11.0 Å². The third-order valence-corrected chi connectivity index (χ3v) is 4.34. The average Bonchev–Trinajstić information content (AvgIpc) is 2.87. The van der Waals surface area contributed by atoms with Crippen molar-refractivity contribution in [3.8, 4) is 0 Å². The number of thiazole rings is 1. The predicted octanol–water partition coefficient (Wildman–Crippen LogP) is 4.87. The molecule has 0 amide bonds. The van der Waals surface area contributed by atoms with Gasteiger partial charge in [0, 0.05) is 9.85 Å². The second kappa shape index (κ2) is 7.20. The molecule has 0 unspecified atom stereocenters. The summed E-state index contributed by atoms with van der Waals surface area (Å²) in [5.74, 6) is -0.443. The summed E-state index contributed by atoms with van der Waals surface area (Å²) in [6.45, 7) is 2.28. The number of carbonyl (C=O) groups is 1. The van der Waals surface area contributed by atoms with E-state index >= 15 is 0 Å². The summed E-state index contributed by atoms with van der Waals surface area (Å²) in [6, 6.07) is 5.08. The highest BCUT2D eigenvalue weighted by Gasteiger charge is 2.13. The lowest BCUT2D eigenvalue weighted by molar-refractivity contribution is 0.0468. The van der Waals surface area contributed by atoms with E-state index in [1.807, 2.05) is 5.38 Å². The molecule has 0 saturated carbocycles. The fourth-order valence-electron chi connectivity index (χ4n) is 1.62. The molecule has 6 heteroatoms. The largest absolute Gasteiger partial charge is 0.456 e. The summed E-state index contributed by atoms with van der Waals surface area (Å²) in [4.78, 5) is 16.4. The van der Waals surface area contributed by atoms with E-state index in [1.165, 1.54) is 0 Å². The fraction of sp³-hybridized carbons (Fsp3) is 0.286. The van der Waals surface area contributed by atoms with Gasteiger partial charge >= 0.3 is 5.97 Å². The van der Waals surface area contributed by atoms with Gasteiger partial charge in [0.2, 0.25) is 0 Å². The van der Waals surface area contributed by atoms with E-state index in [0.29, 0.717) is 10.6 Å². The first-order valence-corrected chi connectivity index (χ1v) is 8.20. The highest BCUT2D eigenvalue weighted by atomic mass is 79.9. The first-order valence-electron chi connectivity index (χ1n) is 6.15. The molecule has 1 heterocycles. The molecule has 0 aliphatic rings. The molecular weight excluding hydrogens is 362 g/mol. The van der Waals surface area contributed by atoms with Crippen LogP contribution in [0.3, 0.4) is 0 Å². The third kappa shape index (κ3) is 4.04. The molecule has 1 aromatic carbocycles. The smallest absolute Gasteiger partial charge is 0.340 e. The Hall–Kier alpha value is -0.910. The van der Waals surface area contributed by atoms with Gasteiger partial charge in [0.1, 0.15) is 6.61 Å². The van der Waals surface area contributed by atoms with Gasteiger partial charge in [-0.15, -0.1) is 11.3 Å². The Kier molecular flexibility index (Phi) is 5.57.